The minimum atomic E-state index is -0.855. The van der Waals surface area contributed by atoms with Crippen molar-refractivity contribution in [3.05, 3.63) is 57.6 Å². The van der Waals surface area contributed by atoms with Crippen LogP contribution >= 0.6 is 23.2 Å². The highest BCUT2D eigenvalue weighted by Crippen LogP contribution is 2.41. The molecule has 1 unspecified atom stereocenters. The Morgan fingerprint density at radius 3 is 2.83 bits per heavy atom. The summed E-state index contributed by atoms with van der Waals surface area (Å²) in [6, 6.07) is 9.79. The molecule has 0 saturated heterocycles. The second-order valence-corrected chi connectivity index (χ2v) is 5.99. The quantitative estimate of drug-likeness (QED) is 0.872. The highest BCUT2D eigenvalue weighted by molar-refractivity contribution is 6.35. The number of carbonyl (C=O) groups is 2. The fourth-order valence-corrected chi connectivity index (χ4v) is 3.28. The molecule has 3 rings (SSSR count). The first-order valence-electron chi connectivity index (χ1n) is 6.70. The van der Waals surface area contributed by atoms with Crippen LogP contribution in [0.3, 0.4) is 0 Å². The number of phenols is 1. The molecule has 1 aliphatic heterocycles. The van der Waals surface area contributed by atoms with Gasteiger partial charge in [-0.25, -0.2) is 9.69 Å². The topological polar surface area (TPSA) is 83.6 Å². The van der Waals surface area contributed by atoms with Crippen LogP contribution < -0.4 is 10.6 Å². The number of hydrogen-bond acceptors (Lipinski definition) is 3. The number of phenolic OH excluding ortho intramolecular Hbond substituents is 1. The van der Waals surface area contributed by atoms with E-state index in [1.54, 1.807) is 12.1 Å². The Morgan fingerprint density at radius 1 is 1.39 bits per heavy atom. The molecule has 0 aromatic heterocycles. The van der Waals surface area contributed by atoms with Gasteiger partial charge in [0.1, 0.15) is 5.75 Å². The molecule has 7 heteroatoms. The lowest BCUT2D eigenvalue weighted by atomic mass is 9.93. The zero-order valence-corrected chi connectivity index (χ0v) is 13.2. The van der Waals surface area contributed by atoms with Crippen molar-refractivity contribution in [2.45, 2.75) is 12.3 Å². The van der Waals surface area contributed by atoms with E-state index in [1.165, 1.54) is 18.2 Å². The fourth-order valence-electron chi connectivity index (χ4n) is 2.75. The van der Waals surface area contributed by atoms with Crippen molar-refractivity contribution in [1.29, 1.82) is 0 Å². The number of primary amides is 1. The number of nitrogens with two attached hydrogens (primary N) is 1. The lowest BCUT2D eigenvalue weighted by Gasteiger charge is -2.14. The van der Waals surface area contributed by atoms with Crippen LogP contribution in [0.2, 0.25) is 10.0 Å². The summed E-state index contributed by atoms with van der Waals surface area (Å²) in [5, 5.41) is 10.5. The molecule has 1 heterocycles. The third-order valence-electron chi connectivity index (χ3n) is 3.76. The van der Waals surface area contributed by atoms with E-state index < -0.39 is 17.9 Å². The minimum Gasteiger partial charge on any atom is -0.506 e. The number of anilines is 1. The molecule has 117 valence electrons. The third kappa shape index (κ3) is 2.62. The first-order valence-corrected chi connectivity index (χ1v) is 7.46. The number of imide groups is 1. The number of nitrogens with zero attached hydrogens (tertiary/aromatic N) is 1. The molecule has 0 bridgehead atoms. The Bertz CT molecular complexity index is 823. The molecule has 0 saturated carbocycles. The van der Waals surface area contributed by atoms with Crippen LogP contribution in [0.15, 0.2) is 30.3 Å². The van der Waals surface area contributed by atoms with E-state index >= 15 is 0 Å². The van der Waals surface area contributed by atoms with Gasteiger partial charge in [-0.3, -0.25) is 4.79 Å². The Balaban J connectivity index is 2.05. The molecule has 0 spiro atoms. The van der Waals surface area contributed by atoms with Crippen molar-refractivity contribution < 1.29 is 14.7 Å². The molecular weight excluding hydrogens is 339 g/mol. The maximum Gasteiger partial charge on any atom is 0.326 e. The van der Waals surface area contributed by atoms with Gasteiger partial charge < -0.3 is 10.8 Å². The molecule has 3 amide bonds. The minimum absolute atomic E-state index is 0.103. The van der Waals surface area contributed by atoms with Gasteiger partial charge >= 0.3 is 6.03 Å². The summed E-state index contributed by atoms with van der Waals surface area (Å²) in [5.74, 6) is -1.25. The van der Waals surface area contributed by atoms with Crippen LogP contribution in [-0.4, -0.2) is 17.0 Å². The lowest BCUT2D eigenvalue weighted by molar-refractivity contribution is -0.118. The maximum atomic E-state index is 12.6. The summed E-state index contributed by atoms with van der Waals surface area (Å²) in [7, 11) is 0. The van der Waals surface area contributed by atoms with E-state index in [9.17, 15) is 14.7 Å². The molecule has 0 aliphatic carbocycles. The predicted octanol–water partition coefficient (Wildman–Crippen LogP) is 3.25. The van der Waals surface area contributed by atoms with Gasteiger partial charge in [-0.2, -0.15) is 0 Å². The van der Waals surface area contributed by atoms with Gasteiger partial charge in [-0.1, -0.05) is 35.3 Å². The van der Waals surface area contributed by atoms with Crippen molar-refractivity contribution in [3.63, 3.8) is 0 Å². The number of aromatic hydroxyl groups is 1. The van der Waals surface area contributed by atoms with Gasteiger partial charge in [0.15, 0.2) is 0 Å². The molecular formula is C16H11Cl2N2O3. The van der Waals surface area contributed by atoms with E-state index in [0.717, 1.165) is 4.90 Å². The van der Waals surface area contributed by atoms with E-state index in [1.807, 2.05) is 0 Å². The maximum absolute atomic E-state index is 12.6. The van der Waals surface area contributed by atoms with Crippen molar-refractivity contribution in [2.24, 2.45) is 5.73 Å². The average Bonchev–Trinajstić information content (AvgIpc) is 2.77. The average molecular weight is 350 g/mol. The monoisotopic (exact) mass is 349 g/mol. The van der Waals surface area contributed by atoms with Crippen molar-refractivity contribution in [1.82, 2.24) is 0 Å². The van der Waals surface area contributed by atoms with Crippen LogP contribution in [0.4, 0.5) is 10.5 Å². The molecule has 1 atom stereocenters. The highest BCUT2D eigenvalue weighted by atomic mass is 35.5. The number of fused-ring (bicyclic) bond motifs is 1. The number of urea groups is 1. The van der Waals surface area contributed by atoms with Gasteiger partial charge in [-0.15, -0.1) is 0 Å². The van der Waals surface area contributed by atoms with Gasteiger partial charge in [0.2, 0.25) is 5.91 Å². The highest BCUT2D eigenvalue weighted by Gasteiger charge is 2.40. The van der Waals surface area contributed by atoms with Gasteiger partial charge in [0.25, 0.3) is 0 Å². The van der Waals surface area contributed by atoms with Crippen molar-refractivity contribution >= 4 is 40.8 Å². The van der Waals surface area contributed by atoms with Gasteiger partial charge in [0, 0.05) is 5.02 Å². The number of hydrogen-bond donors (Lipinski definition) is 2. The molecule has 0 fully saturated rings. The van der Waals surface area contributed by atoms with Crippen molar-refractivity contribution in [2.75, 3.05) is 4.90 Å². The van der Waals surface area contributed by atoms with Crippen LogP contribution in [0.25, 0.3) is 0 Å². The number of carbonyl (C=O) groups excluding carboxylic acids is 2. The van der Waals surface area contributed by atoms with Crippen LogP contribution in [0.1, 0.15) is 17.0 Å². The van der Waals surface area contributed by atoms with Crippen LogP contribution in [0, 0.1) is 6.07 Å². The summed E-state index contributed by atoms with van der Waals surface area (Å²) in [6.45, 7) is 0. The molecule has 3 N–H and O–H groups in total. The lowest BCUT2D eigenvalue weighted by Crippen LogP contribution is -2.39. The Labute approximate surface area is 142 Å². The smallest absolute Gasteiger partial charge is 0.326 e. The number of rotatable bonds is 2. The third-order valence-corrected chi connectivity index (χ3v) is 4.27. The van der Waals surface area contributed by atoms with Gasteiger partial charge in [0.05, 0.1) is 16.6 Å². The standard InChI is InChI=1S/C16H11Cl2N2O3/c17-9-5-8(14(21)12(18)7-9)6-11-10-3-1-2-4-13(10)20(15(11)22)16(19)23/h1,3-5,7,11,21H,6H2,(H2,19,23). The molecule has 1 radical (unpaired) electrons. The van der Waals surface area contributed by atoms with Crippen molar-refractivity contribution in [3.8, 4) is 5.75 Å². The molecule has 1 aliphatic rings. The predicted molar refractivity (Wildman–Crippen MR) is 86.9 cm³/mol. The largest absolute Gasteiger partial charge is 0.506 e. The van der Waals surface area contributed by atoms with E-state index in [2.05, 4.69) is 6.07 Å². The summed E-state index contributed by atoms with van der Waals surface area (Å²) in [5.41, 5.74) is 6.77. The molecule has 2 aromatic carbocycles. The summed E-state index contributed by atoms with van der Waals surface area (Å²) in [6.07, 6.45) is 0.145. The Kier molecular flexibility index (Phi) is 3.92. The van der Waals surface area contributed by atoms with E-state index in [0.29, 0.717) is 21.8 Å². The Hall–Kier alpha value is -2.24. The molecule has 23 heavy (non-hydrogen) atoms. The number of benzene rings is 2. The van der Waals surface area contributed by atoms with E-state index in [4.69, 9.17) is 28.9 Å². The Morgan fingerprint density at radius 2 is 2.13 bits per heavy atom. The van der Waals surface area contributed by atoms with E-state index in [-0.39, 0.29) is 17.2 Å². The second kappa shape index (κ2) is 5.76. The number of amides is 3. The summed E-state index contributed by atoms with van der Waals surface area (Å²) < 4.78 is 0. The summed E-state index contributed by atoms with van der Waals surface area (Å²) in [4.78, 5) is 25.0. The number of halogens is 2. The second-order valence-electron chi connectivity index (χ2n) is 5.15. The molecule has 2 aromatic rings. The first kappa shape index (κ1) is 15.6. The first-order chi connectivity index (χ1) is 10.9. The normalized spacial score (nSPS) is 16.5. The van der Waals surface area contributed by atoms with Gasteiger partial charge in [-0.05, 0) is 41.8 Å². The summed E-state index contributed by atoms with van der Waals surface area (Å²) >= 11 is 11.9. The molecule has 5 nitrogen and oxygen atoms in total. The zero-order valence-electron chi connectivity index (χ0n) is 11.7. The zero-order chi connectivity index (χ0) is 16.7. The van der Waals surface area contributed by atoms with Crippen LogP contribution in [0.5, 0.6) is 5.75 Å². The SMILES string of the molecule is NC(=O)N1C(=O)C(Cc2cc(Cl)cc(Cl)c2O)c2cc[c]cc21. The van der Waals surface area contributed by atoms with Crippen LogP contribution in [-0.2, 0) is 11.2 Å². The fraction of sp³-hybridized carbons (Fsp3) is 0.125.